The van der Waals surface area contributed by atoms with Crippen molar-refractivity contribution in [1.29, 1.82) is 0 Å². The summed E-state index contributed by atoms with van der Waals surface area (Å²) in [6, 6.07) is 13.3. The van der Waals surface area contributed by atoms with E-state index in [2.05, 4.69) is 5.32 Å². The van der Waals surface area contributed by atoms with Crippen LogP contribution in [0.3, 0.4) is 0 Å². The Bertz CT molecular complexity index is 1110. The summed E-state index contributed by atoms with van der Waals surface area (Å²) in [7, 11) is -3.65. The lowest BCUT2D eigenvalue weighted by molar-refractivity contribution is -0.133. The number of hydrogen-bond acceptors (Lipinski definition) is 4. The first kappa shape index (κ1) is 23.0. The van der Waals surface area contributed by atoms with Crippen LogP contribution in [0.1, 0.15) is 29.2 Å². The van der Waals surface area contributed by atoms with Crippen LogP contribution >= 0.6 is 0 Å². The van der Waals surface area contributed by atoms with Gasteiger partial charge in [-0.2, -0.15) is 4.31 Å². The Morgan fingerprint density at radius 2 is 1.74 bits per heavy atom. The predicted molar refractivity (Wildman–Crippen MR) is 121 cm³/mol. The molecule has 8 heteroatoms. The molecule has 3 rings (SSSR count). The highest BCUT2D eigenvalue weighted by atomic mass is 32.2. The summed E-state index contributed by atoms with van der Waals surface area (Å²) in [5.74, 6) is -0.839. The van der Waals surface area contributed by atoms with Gasteiger partial charge in [0.15, 0.2) is 0 Å². The fourth-order valence-electron chi connectivity index (χ4n) is 3.83. The highest BCUT2D eigenvalue weighted by Gasteiger charge is 2.50. The van der Waals surface area contributed by atoms with E-state index in [1.54, 1.807) is 13.0 Å². The molecule has 1 N–H and O–H groups in total. The lowest BCUT2D eigenvalue weighted by Crippen LogP contribution is -2.70. The molecule has 0 radical (unpaired) electrons. The second kappa shape index (κ2) is 8.43. The highest BCUT2D eigenvalue weighted by Crippen LogP contribution is 2.33. The van der Waals surface area contributed by atoms with E-state index in [4.69, 9.17) is 0 Å². The molecule has 1 fully saturated rings. The average Bonchev–Trinajstić information content (AvgIpc) is 2.69. The Hall–Kier alpha value is -2.71. The fraction of sp³-hybridized carbons (Fsp3) is 0.391. The monoisotopic (exact) mass is 443 g/mol. The normalized spacial score (nSPS) is 20.0. The summed E-state index contributed by atoms with van der Waals surface area (Å²) < 4.78 is 25.6. The number of carbonyl (C=O) groups excluding carboxylic acids is 2. The molecule has 0 unspecified atom stereocenters. The molecular formula is C23H29N3O4S. The topological polar surface area (TPSA) is 86.8 Å². The number of benzene rings is 2. The van der Waals surface area contributed by atoms with Crippen molar-refractivity contribution < 1.29 is 18.0 Å². The Labute approximate surface area is 184 Å². The van der Waals surface area contributed by atoms with Crippen LogP contribution in [0.2, 0.25) is 0 Å². The van der Waals surface area contributed by atoms with Crippen LogP contribution in [0, 0.1) is 20.8 Å². The van der Waals surface area contributed by atoms with Gasteiger partial charge in [0.1, 0.15) is 5.54 Å². The number of piperazine rings is 1. The molecule has 0 spiro atoms. The van der Waals surface area contributed by atoms with Crippen LogP contribution in [0.4, 0.5) is 5.69 Å². The van der Waals surface area contributed by atoms with Crippen molar-refractivity contribution in [2.75, 3.05) is 24.2 Å². The molecule has 2 amide bonds. The number of nitrogens with zero attached hydrogens (tertiary/aromatic N) is 2. The van der Waals surface area contributed by atoms with Crippen molar-refractivity contribution in [1.82, 2.24) is 9.62 Å². The number of aryl methyl sites for hydroxylation is 2. The van der Waals surface area contributed by atoms with Crippen molar-refractivity contribution in [3.63, 3.8) is 0 Å². The molecule has 2 aromatic rings. The van der Waals surface area contributed by atoms with E-state index in [9.17, 15) is 18.0 Å². The third kappa shape index (κ3) is 4.65. The van der Waals surface area contributed by atoms with Gasteiger partial charge in [-0.15, -0.1) is 0 Å². The van der Waals surface area contributed by atoms with Crippen LogP contribution < -0.4 is 10.2 Å². The number of anilines is 1. The minimum Gasteiger partial charge on any atom is -0.350 e. The number of amides is 2. The highest BCUT2D eigenvalue weighted by molar-refractivity contribution is 7.88. The smallest absolute Gasteiger partial charge is 0.247 e. The number of hydrogen-bond donors (Lipinski definition) is 1. The lowest BCUT2D eigenvalue weighted by atomic mass is 9.93. The largest absolute Gasteiger partial charge is 0.350 e. The Kier molecular flexibility index (Phi) is 6.25. The van der Waals surface area contributed by atoms with E-state index < -0.39 is 27.4 Å². The van der Waals surface area contributed by atoms with Gasteiger partial charge in [-0.3, -0.25) is 14.5 Å². The maximum atomic E-state index is 13.4. The standard InChI is InChI=1S/C23H29N3O4S/c1-16-9-11-19(12-10-16)13-24-22(28)23(4)15-25(31(5,29)30)14-21(27)26(23)20-8-6-7-17(2)18(20)3/h6-12H,13-15H2,1-5H3,(H,24,28)/t23-/m0/s1. The molecule has 31 heavy (non-hydrogen) atoms. The van der Waals surface area contributed by atoms with Gasteiger partial charge in [-0.25, -0.2) is 8.42 Å². The SMILES string of the molecule is Cc1ccc(CNC(=O)[C@]2(C)CN(S(C)(=O)=O)CC(=O)N2c2cccc(C)c2C)cc1. The summed E-state index contributed by atoms with van der Waals surface area (Å²) in [6.07, 6.45) is 1.05. The third-order valence-corrected chi connectivity index (χ3v) is 7.08. The molecule has 1 aliphatic heterocycles. The van der Waals surface area contributed by atoms with Crippen LogP contribution in [0.15, 0.2) is 42.5 Å². The van der Waals surface area contributed by atoms with Crippen molar-refractivity contribution >= 4 is 27.5 Å². The molecular weight excluding hydrogens is 414 g/mol. The number of rotatable bonds is 5. The molecule has 1 heterocycles. The van der Waals surface area contributed by atoms with Gasteiger partial charge in [0.25, 0.3) is 0 Å². The Morgan fingerprint density at radius 3 is 2.35 bits per heavy atom. The first-order valence-electron chi connectivity index (χ1n) is 10.1. The Morgan fingerprint density at radius 1 is 1.10 bits per heavy atom. The maximum absolute atomic E-state index is 13.4. The van der Waals surface area contributed by atoms with Gasteiger partial charge < -0.3 is 5.32 Å². The van der Waals surface area contributed by atoms with Gasteiger partial charge in [0, 0.05) is 18.8 Å². The number of sulfonamides is 1. The average molecular weight is 444 g/mol. The molecule has 0 bridgehead atoms. The van der Waals surface area contributed by atoms with Crippen molar-refractivity contribution in [2.45, 2.75) is 39.8 Å². The summed E-state index contributed by atoms with van der Waals surface area (Å²) in [4.78, 5) is 28.1. The van der Waals surface area contributed by atoms with E-state index in [-0.39, 0.29) is 19.6 Å². The number of carbonyl (C=O) groups is 2. The van der Waals surface area contributed by atoms with E-state index in [1.807, 2.05) is 57.2 Å². The van der Waals surface area contributed by atoms with Crippen LogP contribution in [-0.4, -0.2) is 49.4 Å². The first-order chi connectivity index (χ1) is 14.4. The van der Waals surface area contributed by atoms with Crippen LogP contribution in [0.25, 0.3) is 0 Å². The second-order valence-corrected chi connectivity index (χ2v) is 10.4. The quantitative estimate of drug-likeness (QED) is 0.768. The minimum absolute atomic E-state index is 0.120. The van der Waals surface area contributed by atoms with E-state index >= 15 is 0 Å². The van der Waals surface area contributed by atoms with E-state index in [1.165, 1.54) is 4.90 Å². The summed E-state index contributed by atoms with van der Waals surface area (Å²) in [6.45, 7) is 7.30. The minimum atomic E-state index is -3.65. The molecule has 0 aliphatic carbocycles. The van der Waals surface area contributed by atoms with E-state index in [0.29, 0.717) is 5.69 Å². The van der Waals surface area contributed by atoms with Gasteiger partial charge >= 0.3 is 0 Å². The zero-order chi connectivity index (χ0) is 23.0. The molecule has 7 nitrogen and oxygen atoms in total. The molecule has 0 saturated carbocycles. The Balaban J connectivity index is 1.99. The van der Waals surface area contributed by atoms with Gasteiger partial charge in [0.2, 0.25) is 21.8 Å². The zero-order valence-corrected chi connectivity index (χ0v) is 19.4. The first-order valence-corrected chi connectivity index (χ1v) is 12.0. The second-order valence-electron chi connectivity index (χ2n) is 8.42. The van der Waals surface area contributed by atoms with Gasteiger partial charge in [-0.1, -0.05) is 42.0 Å². The molecule has 1 saturated heterocycles. The fourth-order valence-corrected chi connectivity index (χ4v) is 4.66. The van der Waals surface area contributed by atoms with Crippen molar-refractivity contribution in [3.05, 3.63) is 64.7 Å². The summed E-state index contributed by atoms with van der Waals surface area (Å²) in [5, 5.41) is 2.90. The molecule has 1 aliphatic rings. The molecule has 2 aromatic carbocycles. The third-order valence-electron chi connectivity index (χ3n) is 5.89. The van der Waals surface area contributed by atoms with Gasteiger partial charge in [0.05, 0.1) is 12.8 Å². The summed E-state index contributed by atoms with van der Waals surface area (Å²) in [5.41, 5.74) is 3.11. The molecule has 1 atom stereocenters. The van der Waals surface area contributed by atoms with E-state index in [0.717, 1.165) is 32.8 Å². The van der Waals surface area contributed by atoms with Crippen LogP contribution in [-0.2, 0) is 26.2 Å². The summed E-state index contributed by atoms with van der Waals surface area (Å²) >= 11 is 0. The van der Waals surface area contributed by atoms with Gasteiger partial charge in [-0.05, 0) is 50.5 Å². The van der Waals surface area contributed by atoms with Crippen molar-refractivity contribution in [2.24, 2.45) is 0 Å². The van der Waals surface area contributed by atoms with Crippen molar-refractivity contribution in [3.8, 4) is 0 Å². The number of nitrogens with one attached hydrogen (secondary N) is 1. The van der Waals surface area contributed by atoms with Crippen LogP contribution in [0.5, 0.6) is 0 Å². The maximum Gasteiger partial charge on any atom is 0.247 e. The predicted octanol–water partition coefficient (Wildman–Crippen LogP) is 2.30. The zero-order valence-electron chi connectivity index (χ0n) is 18.6. The molecule has 166 valence electrons. The molecule has 0 aromatic heterocycles. The lowest BCUT2D eigenvalue weighted by Gasteiger charge is -2.47.